The lowest BCUT2D eigenvalue weighted by molar-refractivity contribution is 0.0696. The van der Waals surface area contributed by atoms with E-state index in [2.05, 4.69) is 15.3 Å². The minimum Gasteiger partial charge on any atom is -0.478 e. The Bertz CT molecular complexity index is 986. The highest BCUT2D eigenvalue weighted by Gasteiger charge is 2.15. The number of hydrogen-bond donors (Lipinski definition) is 2. The van der Waals surface area contributed by atoms with E-state index in [1.807, 2.05) is 19.9 Å². The van der Waals surface area contributed by atoms with E-state index in [0.717, 1.165) is 23.0 Å². The van der Waals surface area contributed by atoms with Gasteiger partial charge in [-0.25, -0.2) is 14.3 Å². The summed E-state index contributed by atoms with van der Waals surface area (Å²) in [5.41, 5.74) is 2.68. The van der Waals surface area contributed by atoms with E-state index in [1.54, 1.807) is 10.8 Å². The van der Waals surface area contributed by atoms with Gasteiger partial charge in [-0.3, -0.25) is 0 Å². The number of aryl methyl sites for hydroxylation is 1. The fourth-order valence-corrected chi connectivity index (χ4v) is 2.69. The molecule has 2 heterocycles. The van der Waals surface area contributed by atoms with Gasteiger partial charge in [-0.15, -0.1) is 10.2 Å². The van der Waals surface area contributed by atoms with Crippen LogP contribution in [0.5, 0.6) is 0 Å². The number of aromatic carboxylic acids is 2. The van der Waals surface area contributed by atoms with E-state index in [4.69, 9.17) is 0 Å². The first kappa shape index (κ1) is 17.1. The third-order valence-electron chi connectivity index (χ3n) is 3.88. The molecule has 1 aromatic carbocycles. The van der Waals surface area contributed by atoms with Crippen molar-refractivity contribution in [3.05, 3.63) is 65.0 Å². The number of benzene rings is 1. The van der Waals surface area contributed by atoms with E-state index in [9.17, 15) is 19.8 Å². The zero-order valence-corrected chi connectivity index (χ0v) is 14.0. The number of carboxylic acids is 2. The molecule has 0 atom stereocenters. The molecule has 26 heavy (non-hydrogen) atoms. The molecule has 0 bridgehead atoms. The molecular weight excluding hydrogens is 338 g/mol. The van der Waals surface area contributed by atoms with Gasteiger partial charge in [-0.05, 0) is 38.1 Å². The monoisotopic (exact) mass is 353 g/mol. The molecule has 0 unspecified atom stereocenters. The van der Waals surface area contributed by atoms with Crippen molar-refractivity contribution >= 4 is 18.2 Å². The summed E-state index contributed by atoms with van der Waals surface area (Å²) in [5, 5.41) is 30.0. The van der Waals surface area contributed by atoms with Gasteiger partial charge in [-0.2, -0.15) is 5.10 Å². The molecule has 0 aliphatic heterocycles. The maximum atomic E-state index is 11.3. The molecular formula is C17H15N5O4. The Morgan fingerprint density at radius 1 is 1.00 bits per heavy atom. The molecule has 3 rings (SSSR count). The lowest BCUT2D eigenvalue weighted by Crippen LogP contribution is -2.07. The quantitative estimate of drug-likeness (QED) is 0.676. The molecule has 2 aromatic heterocycles. The Balaban J connectivity index is 2.10. The van der Waals surface area contributed by atoms with Crippen LogP contribution in [0.25, 0.3) is 5.69 Å². The summed E-state index contributed by atoms with van der Waals surface area (Å²) in [4.78, 5) is 22.7. The van der Waals surface area contributed by atoms with Crippen LogP contribution in [0.1, 0.15) is 37.7 Å². The summed E-state index contributed by atoms with van der Waals surface area (Å²) >= 11 is 0. The Kier molecular flexibility index (Phi) is 4.36. The predicted octanol–water partition coefficient (Wildman–Crippen LogP) is 1.96. The molecule has 0 aliphatic carbocycles. The van der Waals surface area contributed by atoms with Crippen molar-refractivity contribution in [1.82, 2.24) is 19.4 Å². The number of hydrogen-bond acceptors (Lipinski definition) is 5. The average Bonchev–Trinajstić information content (AvgIpc) is 3.20. The Hall–Kier alpha value is -3.75. The number of carbonyl (C=O) groups is 2. The molecule has 0 spiro atoms. The smallest absolute Gasteiger partial charge is 0.335 e. The van der Waals surface area contributed by atoms with Gasteiger partial charge in [0.15, 0.2) is 0 Å². The molecule has 0 aliphatic rings. The maximum absolute atomic E-state index is 11.3. The van der Waals surface area contributed by atoms with Gasteiger partial charge in [0, 0.05) is 22.6 Å². The second kappa shape index (κ2) is 6.63. The van der Waals surface area contributed by atoms with Gasteiger partial charge in [0.1, 0.15) is 12.7 Å². The molecule has 0 saturated heterocycles. The van der Waals surface area contributed by atoms with Crippen LogP contribution in [0.15, 0.2) is 42.0 Å². The number of carboxylic acid groups (broad SMARTS) is 2. The van der Waals surface area contributed by atoms with Crippen LogP contribution in [-0.2, 0) is 0 Å². The maximum Gasteiger partial charge on any atom is 0.335 e. The summed E-state index contributed by atoms with van der Waals surface area (Å²) in [6.45, 7) is 3.69. The van der Waals surface area contributed by atoms with Crippen molar-refractivity contribution in [2.45, 2.75) is 13.8 Å². The highest BCUT2D eigenvalue weighted by atomic mass is 16.4. The van der Waals surface area contributed by atoms with Gasteiger partial charge >= 0.3 is 11.9 Å². The zero-order chi connectivity index (χ0) is 18.8. The SMILES string of the molecule is Cc1cc(C=Nn2cnnc2)c(C)n1-c1cc(C(=O)O)cc(C(=O)O)c1. The van der Waals surface area contributed by atoms with E-state index in [1.165, 1.54) is 29.5 Å². The number of rotatable bonds is 5. The van der Waals surface area contributed by atoms with Gasteiger partial charge in [0.2, 0.25) is 0 Å². The van der Waals surface area contributed by atoms with Crippen molar-refractivity contribution in [2.75, 3.05) is 0 Å². The summed E-state index contributed by atoms with van der Waals surface area (Å²) < 4.78 is 3.23. The fraction of sp³-hybridized carbons (Fsp3) is 0.118. The largest absolute Gasteiger partial charge is 0.478 e. The van der Waals surface area contributed by atoms with Crippen LogP contribution in [0, 0.1) is 13.8 Å². The first-order chi connectivity index (χ1) is 12.4. The van der Waals surface area contributed by atoms with Crippen molar-refractivity contribution in [3.63, 3.8) is 0 Å². The summed E-state index contributed by atoms with van der Waals surface area (Å²) in [6.07, 6.45) is 4.53. The van der Waals surface area contributed by atoms with Gasteiger partial charge < -0.3 is 14.8 Å². The lowest BCUT2D eigenvalue weighted by atomic mass is 10.1. The van der Waals surface area contributed by atoms with Crippen molar-refractivity contribution < 1.29 is 19.8 Å². The Morgan fingerprint density at radius 2 is 1.58 bits per heavy atom. The van der Waals surface area contributed by atoms with Crippen LogP contribution < -0.4 is 0 Å². The van der Waals surface area contributed by atoms with Crippen molar-refractivity contribution in [3.8, 4) is 5.69 Å². The van der Waals surface area contributed by atoms with Crippen LogP contribution in [-0.4, -0.2) is 47.8 Å². The minimum absolute atomic E-state index is 0.0906. The van der Waals surface area contributed by atoms with Crippen molar-refractivity contribution in [1.29, 1.82) is 0 Å². The first-order valence-electron chi connectivity index (χ1n) is 7.57. The highest BCUT2D eigenvalue weighted by molar-refractivity contribution is 5.95. The average molecular weight is 353 g/mol. The molecule has 3 aromatic rings. The number of nitrogens with zero attached hydrogens (tertiary/aromatic N) is 5. The second-order valence-corrected chi connectivity index (χ2v) is 5.63. The molecule has 0 amide bonds. The van der Waals surface area contributed by atoms with Gasteiger partial charge in [-0.1, -0.05) is 0 Å². The summed E-state index contributed by atoms with van der Waals surface area (Å²) in [6, 6.07) is 5.89. The van der Waals surface area contributed by atoms with E-state index in [0.29, 0.717) is 5.69 Å². The van der Waals surface area contributed by atoms with E-state index < -0.39 is 11.9 Å². The summed E-state index contributed by atoms with van der Waals surface area (Å²) in [5.74, 6) is -2.38. The minimum atomic E-state index is -1.19. The van der Waals surface area contributed by atoms with E-state index in [-0.39, 0.29) is 11.1 Å². The van der Waals surface area contributed by atoms with E-state index >= 15 is 0 Å². The molecule has 0 radical (unpaired) electrons. The lowest BCUT2D eigenvalue weighted by Gasteiger charge is -2.12. The Labute approximate surface area is 147 Å². The predicted molar refractivity (Wildman–Crippen MR) is 92.2 cm³/mol. The highest BCUT2D eigenvalue weighted by Crippen LogP contribution is 2.22. The third kappa shape index (κ3) is 3.22. The Morgan fingerprint density at radius 3 is 2.12 bits per heavy atom. The molecule has 0 saturated carbocycles. The summed E-state index contributed by atoms with van der Waals surface area (Å²) in [7, 11) is 0. The van der Waals surface area contributed by atoms with Crippen LogP contribution in [0.4, 0.5) is 0 Å². The zero-order valence-electron chi connectivity index (χ0n) is 14.0. The van der Waals surface area contributed by atoms with Crippen LogP contribution >= 0.6 is 0 Å². The normalized spacial score (nSPS) is 11.2. The fourth-order valence-electron chi connectivity index (χ4n) is 2.69. The van der Waals surface area contributed by atoms with Gasteiger partial charge in [0.05, 0.1) is 17.3 Å². The topological polar surface area (TPSA) is 123 Å². The van der Waals surface area contributed by atoms with Gasteiger partial charge in [0.25, 0.3) is 0 Å². The molecule has 9 nitrogen and oxygen atoms in total. The first-order valence-corrected chi connectivity index (χ1v) is 7.57. The molecule has 0 fully saturated rings. The standard InChI is InChI=1S/C17H15N5O4/c1-10-3-14(7-20-21-8-18-19-9-21)11(2)22(10)15-5-12(16(23)24)4-13(6-15)17(25)26/h3-9H,1-2H3,(H,23,24)(H,25,26). The van der Waals surface area contributed by atoms with Crippen LogP contribution in [0.2, 0.25) is 0 Å². The second-order valence-electron chi connectivity index (χ2n) is 5.63. The molecule has 2 N–H and O–H groups in total. The van der Waals surface area contributed by atoms with Crippen molar-refractivity contribution in [2.24, 2.45) is 5.10 Å². The molecule has 9 heteroatoms. The number of aromatic nitrogens is 4. The third-order valence-corrected chi connectivity index (χ3v) is 3.88. The molecule has 132 valence electrons. The van der Waals surface area contributed by atoms with Crippen LogP contribution in [0.3, 0.4) is 0 Å².